The fourth-order valence-electron chi connectivity index (χ4n) is 3.34. The maximum atomic E-state index is 12.3. The molecule has 1 aromatic rings. The monoisotopic (exact) mass is 337 g/mol. The summed E-state index contributed by atoms with van der Waals surface area (Å²) in [5, 5.41) is 14.8. The van der Waals surface area contributed by atoms with Gasteiger partial charge < -0.3 is 15.3 Å². The van der Waals surface area contributed by atoms with Crippen molar-refractivity contribution in [3.05, 3.63) is 11.1 Å². The normalized spacial score (nSPS) is 25.1. The molecule has 2 N–H and O–H groups in total. The predicted molar refractivity (Wildman–Crippen MR) is 89.0 cm³/mol. The molecule has 2 aliphatic rings. The van der Waals surface area contributed by atoms with Crippen LogP contribution in [0.3, 0.4) is 0 Å². The van der Waals surface area contributed by atoms with Gasteiger partial charge >= 0.3 is 5.97 Å². The molecule has 0 atom stereocenters. The third-order valence-corrected chi connectivity index (χ3v) is 5.66. The first-order chi connectivity index (χ1) is 11.1. The Bertz CT molecular complexity index is 561. The highest BCUT2D eigenvalue weighted by atomic mass is 32.1. The van der Waals surface area contributed by atoms with Gasteiger partial charge in [0.25, 0.3) is 5.91 Å². The van der Waals surface area contributed by atoms with E-state index in [4.69, 9.17) is 5.11 Å². The van der Waals surface area contributed by atoms with Crippen molar-refractivity contribution in [1.29, 1.82) is 0 Å². The van der Waals surface area contributed by atoms with Gasteiger partial charge in [-0.05, 0) is 44.9 Å². The van der Waals surface area contributed by atoms with Crippen molar-refractivity contribution in [2.45, 2.75) is 51.0 Å². The topological polar surface area (TPSA) is 82.5 Å². The molecule has 0 bridgehead atoms. The van der Waals surface area contributed by atoms with Gasteiger partial charge in [-0.1, -0.05) is 0 Å². The summed E-state index contributed by atoms with van der Waals surface area (Å²) < 4.78 is 0. The summed E-state index contributed by atoms with van der Waals surface area (Å²) in [6, 6.07) is 0.0678. The Morgan fingerprint density at radius 1 is 1.17 bits per heavy atom. The molecular formula is C16H23N3O3S. The van der Waals surface area contributed by atoms with Crippen LogP contribution in [-0.2, 0) is 4.79 Å². The second-order valence-electron chi connectivity index (χ2n) is 6.42. The summed E-state index contributed by atoms with van der Waals surface area (Å²) in [6.07, 6.45) is 6.38. The zero-order valence-corrected chi connectivity index (χ0v) is 14.0. The Hall–Kier alpha value is -1.63. The first-order valence-corrected chi connectivity index (χ1v) is 9.25. The van der Waals surface area contributed by atoms with E-state index in [2.05, 4.69) is 15.2 Å². The van der Waals surface area contributed by atoms with Gasteiger partial charge in [0.05, 0.1) is 5.92 Å². The molecule has 6 nitrogen and oxygen atoms in total. The number of rotatable bonds is 4. The Morgan fingerprint density at radius 2 is 1.87 bits per heavy atom. The highest BCUT2D eigenvalue weighted by Crippen LogP contribution is 2.26. The van der Waals surface area contributed by atoms with Crippen molar-refractivity contribution in [2.75, 3.05) is 18.0 Å². The zero-order valence-electron chi connectivity index (χ0n) is 13.2. The molecule has 1 saturated carbocycles. The quantitative estimate of drug-likeness (QED) is 0.882. The van der Waals surface area contributed by atoms with Crippen LogP contribution in [0.4, 0.5) is 5.13 Å². The van der Waals surface area contributed by atoms with Gasteiger partial charge in [-0.2, -0.15) is 0 Å². The maximum absolute atomic E-state index is 12.3. The number of carbonyl (C=O) groups excluding carboxylic acids is 1. The Labute approximate surface area is 139 Å². The number of carboxylic acids is 1. The number of aromatic nitrogens is 1. The van der Waals surface area contributed by atoms with Crippen LogP contribution in [0.1, 0.15) is 55.4 Å². The van der Waals surface area contributed by atoms with Crippen molar-refractivity contribution in [1.82, 2.24) is 10.3 Å². The minimum atomic E-state index is -0.722. The van der Waals surface area contributed by atoms with Gasteiger partial charge in [-0.3, -0.25) is 9.59 Å². The van der Waals surface area contributed by atoms with Gasteiger partial charge in [-0.15, -0.1) is 11.3 Å². The fraction of sp³-hybridized carbons (Fsp3) is 0.688. The molecule has 0 radical (unpaired) electrons. The number of carbonyl (C=O) groups is 2. The lowest BCUT2D eigenvalue weighted by molar-refractivity contribution is -0.142. The predicted octanol–water partition coefficient (Wildman–Crippen LogP) is 2.51. The third kappa shape index (κ3) is 4.02. The number of thiazole rings is 1. The average Bonchev–Trinajstić information content (AvgIpc) is 3.06. The minimum Gasteiger partial charge on any atom is -0.481 e. The molecular weight excluding hydrogens is 314 g/mol. The lowest BCUT2D eigenvalue weighted by Crippen LogP contribution is -2.39. The van der Waals surface area contributed by atoms with E-state index in [1.165, 1.54) is 30.6 Å². The van der Waals surface area contributed by atoms with Crippen LogP contribution in [0.5, 0.6) is 0 Å². The van der Waals surface area contributed by atoms with Crippen molar-refractivity contribution < 1.29 is 14.7 Å². The number of piperidine rings is 1. The second kappa shape index (κ2) is 7.29. The number of nitrogens with one attached hydrogen (secondary N) is 1. The van der Waals surface area contributed by atoms with Gasteiger partial charge in [0.2, 0.25) is 0 Å². The van der Waals surface area contributed by atoms with Gasteiger partial charge in [0.1, 0.15) is 5.69 Å². The van der Waals surface area contributed by atoms with E-state index in [1.54, 1.807) is 0 Å². The van der Waals surface area contributed by atoms with Crippen LogP contribution >= 0.6 is 11.3 Å². The molecule has 7 heteroatoms. The van der Waals surface area contributed by atoms with Crippen LogP contribution in [0.15, 0.2) is 5.38 Å². The molecule has 1 aliphatic heterocycles. The van der Waals surface area contributed by atoms with E-state index in [0.717, 1.165) is 31.1 Å². The van der Waals surface area contributed by atoms with Crippen LogP contribution in [0, 0.1) is 5.92 Å². The minimum absolute atomic E-state index is 0.0678. The standard InChI is InChI=1S/C16H23N3O3S/c20-14(17-12-6-4-11(5-7-12)15(21)22)13-10-23-16(18-13)19-8-2-1-3-9-19/h10-12H,1-9H2,(H,17,20)(H,21,22). The molecule has 1 aromatic heterocycles. The maximum Gasteiger partial charge on any atom is 0.306 e. The lowest BCUT2D eigenvalue weighted by atomic mass is 9.86. The van der Waals surface area contributed by atoms with Crippen molar-refractivity contribution in [2.24, 2.45) is 5.92 Å². The van der Waals surface area contributed by atoms with Crippen molar-refractivity contribution in [3.63, 3.8) is 0 Å². The van der Waals surface area contributed by atoms with E-state index in [9.17, 15) is 9.59 Å². The van der Waals surface area contributed by atoms with Gasteiger partial charge in [0.15, 0.2) is 5.13 Å². The van der Waals surface area contributed by atoms with Crippen LogP contribution in [-0.4, -0.2) is 41.1 Å². The molecule has 0 spiro atoms. The largest absolute Gasteiger partial charge is 0.481 e. The Balaban J connectivity index is 1.52. The van der Waals surface area contributed by atoms with Crippen molar-refractivity contribution in [3.8, 4) is 0 Å². The number of aliphatic carboxylic acids is 1. The smallest absolute Gasteiger partial charge is 0.306 e. The highest BCUT2D eigenvalue weighted by molar-refractivity contribution is 7.13. The Morgan fingerprint density at radius 3 is 2.52 bits per heavy atom. The van der Waals surface area contributed by atoms with Crippen LogP contribution in [0.2, 0.25) is 0 Å². The number of nitrogens with zero attached hydrogens (tertiary/aromatic N) is 2. The zero-order chi connectivity index (χ0) is 16.2. The lowest BCUT2D eigenvalue weighted by Gasteiger charge is -2.26. The fourth-order valence-corrected chi connectivity index (χ4v) is 4.20. The number of hydrogen-bond acceptors (Lipinski definition) is 5. The number of anilines is 1. The number of carboxylic acid groups (broad SMARTS) is 1. The highest BCUT2D eigenvalue weighted by Gasteiger charge is 2.27. The van der Waals surface area contributed by atoms with Gasteiger partial charge in [0, 0.05) is 24.5 Å². The molecule has 0 unspecified atom stereocenters. The molecule has 2 heterocycles. The van der Waals surface area contributed by atoms with E-state index in [1.807, 2.05) is 5.38 Å². The molecule has 1 aliphatic carbocycles. The first kappa shape index (κ1) is 16.2. The molecule has 2 fully saturated rings. The summed E-state index contributed by atoms with van der Waals surface area (Å²) >= 11 is 1.53. The average molecular weight is 337 g/mol. The second-order valence-corrected chi connectivity index (χ2v) is 7.26. The third-order valence-electron chi connectivity index (χ3n) is 4.76. The molecule has 126 valence electrons. The van der Waals surface area contributed by atoms with E-state index >= 15 is 0 Å². The number of amides is 1. The summed E-state index contributed by atoms with van der Waals surface area (Å²) in [4.78, 5) is 30.0. The van der Waals surface area contributed by atoms with E-state index in [0.29, 0.717) is 18.5 Å². The van der Waals surface area contributed by atoms with Gasteiger partial charge in [-0.25, -0.2) is 4.98 Å². The molecule has 1 amide bonds. The summed E-state index contributed by atoms with van der Waals surface area (Å²) in [7, 11) is 0. The molecule has 3 rings (SSSR count). The number of hydrogen-bond donors (Lipinski definition) is 2. The molecule has 0 aromatic carbocycles. The van der Waals surface area contributed by atoms with E-state index in [-0.39, 0.29) is 17.9 Å². The molecule has 23 heavy (non-hydrogen) atoms. The summed E-state index contributed by atoms with van der Waals surface area (Å²) in [5.41, 5.74) is 0.482. The van der Waals surface area contributed by atoms with Crippen LogP contribution in [0.25, 0.3) is 0 Å². The Kier molecular flexibility index (Phi) is 5.15. The summed E-state index contributed by atoms with van der Waals surface area (Å²) in [5.74, 6) is -1.11. The molecule has 1 saturated heterocycles. The SMILES string of the molecule is O=C(NC1CCC(C(=O)O)CC1)c1csc(N2CCCCC2)n1. The van der Waals surface area contributed by atoms with Crippen LogP contribution < -0.4 is 10.2 Å². The first-order valence-electron chi connectivity index (χ1n) is 8.37. The van der Waals surface area contributed by atoms with E-state index < -0.39 is 5.97 Å². The summed E-state index contributed by atoms with van der Waals surface area (Å²) in [6.45, 7) is 2.04. The van der Waals surface area contributed by atoms with Crippen molar-refractivity contribution >= 4 is 28.3 Å².